The van der Waals surface area contributed by atoms with Crippen molar-refractivity contribution in [1.29, 1.82) is 0 Å². The molecular weight excluding hydrogens is 205 g/mol. The average molecular weight is 219 g/mol. The summed E-state index contributed by atoms with van der Waals surface area (Å²) in [6, 6.07) is 8.35. The van der Waals surface area contributed by atoms with Gasteiger partial charge in [0.1, 0.15) is 5.82 Å². The van der Waals surface area contributed by atoms with E-state index in [9.17, 15) is 4.39 Å². The molecule has 3 nitrogen and oxygen atoms in total. The van der Waals surface area contributed by atoms with E-state index in [0.717, 1.165) is 24.3 Å². The van der Waals surface area contributed by atoms with Crippen LogP contribution in [0.2, 0.25) is 0 Å². The first-order valence-corrected chi connectivity index (χ1v) is 5.24. The summed E-state index contributed by atoms with van der Waals surface area (Å²) >= 11 is 0. The quantitative estimate of drug-likeness (QED) is 0.849. The summed E-state index contributed by atoms with van der Waals surface area (Å²) in [7, 11) is 1.91. The normalized spacial score (nSPS) is 10.6. The van der Waals surface area contributed by atoms with Gasteiger partial charge in [-0.15, -0.1) is 0 Å². The second kappa shape index (κ2) is 4.90. The van der Waals surface area contributed by atoms with Crippen molar-refractivity contribution < 1.29 is 4.39 Å². The Balaban J connectivity index is 2.18. The van der Waals surface area contributed by atoms with E-state index < -0.39 is 0 Å². The third kappa shape index (κ3) is 2.46. The number of nitrogens with zero attached hydrogens (tertiary/aromatic N) is 2. The molecule has 1 aromatic heterocycles. The number of hydrogen-bond acceptors (Lipinski definition) is 2. The van der Waals surface area contributed by atoms with Crippen molar-refractivity contribution in [3.05, 3.63) is 48.0 Å². The first-order chi connectivity index (χ1) is 7.79. The van der Waals surface area contributed by atoms with Gasteiger partial charge in [0.05, 0.1) is 11.4 Å². The molecule has 0 fully saturated rings. The molecule has 0 unspecified atom stereocenters. The maximum atomic E-state index is 13.0. The second-order valence-electron chi connectivity index (χ2n) is 3.59. The van der Waals surface area contributed by atoms with Crippen LogP contribution in [0.1, 0.15) is 5.69 Å². The predicted molar refractivity (Wildman–Crippen MR) is 61.2 cm³/mol. The zero-order valence-corrected chi connectivity index (χ0v) is 9.15. The van der Waals surface area contributed by atoms with Gasteiger partial charge in [0, 0.05) is 19.2 Å². The molecule has 0 amide bonds. The minimum atomic E-state index is -0.246. The number of likely N-dealkylation sites (N-methyl/N-ethyl adjacent to an activating group) is 1. The monoisotopic (exact) mass is 219 g/mol. The molecule has 4 heteroatoms. The molecule has 2 aromatic rings. The fourth-order valence-corrected chi connectivity index (χ4v) is 1.51. The maximum absolute atomic E-state index is 13.0. The van der Waals surface area contributed by atoms with Gasteiger partial charge in [-0.3, -0.25) is 0 Å². The second-order valence-corrected chi connectivity index (χ2v) is 3.59. The van der Waals surface area contributed by atoms with Crippen molar-refractivity contribution in [2.24, 2.45) is 0 Å². The topological polar surface area (TPSA) is 29.9 Å². The molecule has 2 rings (SSSR count). The van der Waals surface area contributed by atoms with Crippen LogP contribution < -0.4 is 5.32 Å². The highest BCUT2D eigenvalue weighted by Gasteiger charge is 2.01. The van der Waals surface area contributed by atoms with E-state index in [2.05, 4.69) is 10.4 Å². The van der Waals surface area contributed by atoms with Crippen LogP contribution in [0.15, 0.2) is 36.5 Å². The van der Waals surface area contributed by atoms with Crippen molar-refractivity contribution in [2.75, 3.05) is 13.6 Å². The Morgan fingerprint density at radius 1 is 1.38 bits per heavy atom. The number of halogens is 1. The summed E-state index contributed by atoms with van der Waals surface area (Å²) in [4.78, 5) is 0. The lowest BCUT2D eigenvalue weighted by atomic mass is 10.3. The highest BCUT2D eigenvalue weighted by atomic mass is 19.1. The molecule has 16 heavy (non-hydrogen) atoms. The number of aromatic nitrogens is 2. The Morgan fingerprint density at radius 2 is 2.25 bits per heavy atom. The molecule has 1 aromatic carbocycles. The van der Waals surface area contributed by atoms with E-state index in [1.807, 2.05) is 25.4 Å². The van der Waals surface area contributed by atoms with Crippen LogP contribution in [0.4, 0.5) is 4.39 Å². The van der Waals surface area contributed by atoms with Gasteiger partial charge in [0.2, 0.25) is 0 Å². The SMILES string of the molecule is CNCCc1ccn(-c2cccc(F)c2)n1. The molecule has 0 spiro atoms. The minimum absolute atomic E-state index is 0.246. The lowest BCUT2D eigenvalue weighted by molar-refractivity contribution is 0.625. The molecule has 0 aliphatic heterocycles. The predicted octanol–water partition coefficient (Wildman–Crippen LogP) is 1.77. The summed E-state index contributed by atoms with van der Waals surface area (Å²) in [5.41, 5.74) is 1.74. The standard InChI is InChI=1S/C12H14FN3/c1-14-7-5-11-6-8-16(15-11)12-4-2-3-10(13)9-12/h2-4,6,8-9,14H,5,7H2,1H3. The van der Waals surface area contributed by atoms with Crippen LogP contribution in [0.5, 0.6) is 0 Å². The van der Waals surface area contributed by atoms with Gasteiger partial charge >= 0.3 is 0 Å². The first-order valence-electron chi connectivity index (χ1n) is 5.24. The Bertz CT molecular complexity index is 465. The molecule has 0 bridgehead atoms. The first kappa shape index (κ1) is 10.8. The van der Waals surface area contributed by atoms with Gasteiger partial charge in [-0.25, -0.2) is 9.07 Å². The van der Waals surface area contributed by atoms with Crippen LogP contribution >= 0.6 is 0 Å². The number of rotatable bonds is 4. The van der Waals surface area contributed by atoms with Gasteiger partial charge in [-0.2, -0.15) is 5.10 Å². The van der Waals surface area contributed by atoms with E-state index >= 15 is 0 Å². The van der Waals surface area contributed by atoms with E-state index in [1.54, 1.807) is 10.7 Å². The van der Waals surface area contributed by atoms with Crippen LogP contribution in [0.25, 0.3) is 5.69 Å². The van der Waals surface area contributed by atoms with Crippen molar-refractivity contribution in [3.8, 4) is 5.69 Å². The summed E-state index contributed by atoms with van der Waals surface area (Å²) in [5.74, 6) is -0.246. The third-order valence-corrected chi connectivity index (χ3v) is 2.35. The zero-order chi connectivity index (χ0) is 11.4. The van der Waals surface area contributed by atoms with E-state index in [1.165, 1.54) is 12.1 Å². The Kier molecular flexibility index (Phi) is 3.31. The summed E-state index contributed by atoms with van der Waals surface area (Å²) in [5, 5.41) is 7.43. The largest absolute Gasteiger partial charge is 0.319 e. The number of hydrogen-bond donors (Lipinski definition) is 1. The third-order valence-electron chi connectivity index (χ3n) is 2.35. The van der Waals surface area contributed by atoms with Crippen LogP contribution in [-0.2, 0) is 6.42 Å². The fourth-order valence-electron chi connectivity index (χ4n) is 1.51. The lowest BCUT2D eigenvalue weighted by Gasteiger charge is -2.00. The summed E-state index contributed by atoms with van der Waals surface area (Å²) in [6.45, 7) is 0.889. The van der Waals surface area contributed by atoms with Gasteiger partial charge in [0.25, 0.3) is 0 Å². The Morgan fingerprint density at radius 3 is 3.00 bits per heavy atom. The molecule has 1 heterocycles. The van der Waals surface area contributed by atoms with Gasteiger partial charge in [-0.1, -0.05) is 6.07 Å². The summed E-state index contributed by atoms with van der Waals surface area (Å²) in [6.07, 6.45) is 2.72. The van der Waals surface area contributed by atoms with Crippen molar-refractivity contribution in [1.82, 2.24) is 15.1 Å². The molecule has 84 valence electrons. The zero-order valence-electron chi connectivity index (χ0n) is 9.15. The van der Waals surface area contributed by atoms with Crippen molar-refractivity contribution >= 4 is 0 Å². The Hall–Kier alpha value is -1.68. The van der Waals surface area contributed by atoms with E-state index in [-0.39, 0.29) is 5.82 Å². The molecule has 0 atom stereocenters. The maximum Gasteiger partial charge on any atom is 0.125 e. The number of nitrogens with one attached hydrogen (secondary N) is 1. The van der Waals surface area contributed by atoms with Gasteiger partial charge < -0.3 is 5.32 Å². The van der Waals surface area contributed by atoms with Crippen LogP contribution in [-0.4, -0.2) is 23.4 Å². The molecule has 0 aliphatic carbocycles. The highest BCUT2D eigenvalue weighted by molar-refractivity contribution is 5.31. The molecular formula is C12H14FN3. The highest BCUT2D eigenvalue weighted by Crippen LogP contribution is 2.09. The fraction of sp³-hybridized carbons (Fsp3) is 0.250. The van der Waals surface area contributed by atoms with Gasteiger partial charge in [0.15, 0.2) is 0 Å². The van der Waals surface area contributed by atoms with E-state index in [4.69, 9.17) is 0 Å². The van der Waals surface area contributed by atoms with Crippen LogP contribution in [0.3, 0.4) is 0 Å². The van der Waals surface area contributed by atoms with Gasteiger partial charge in [-0.05, 0) is 31.3 Å². The lowest BCUT2D eigenvalue weighted by Crippen LogP contribution is -2.10. The summed E-state index contributed by atoms with van der Waals surface area (Å²) < 4.78 is 14.7. The Labute approximate surface area is 93.9 Å². The smallest absolute Gasteiger partial charge is 0.125 e. The number of benzene rings is 1. The minimum Gasteiger partial charge on any atom is -0.319 e. The van der Waals surface area contributed by atoms with Crippen LogP contribution in [0, 0.1) is 5.82 Å². The van der Waals surface area contributed by atoms with Crippen molar-refractivity contribution in [2.45, 2.75) is 6.42 Å². The van der Waals surface area contributed by atoms with Crippen molar-refractivity contribution in [3.63, 3.8) is 0 Å². The average Bonchev–Trinajstić information content (AvgIpc) is 2.75. The molecule has 0 radical (unpaired) electrons. The molecule has 0 saturated heterocycles. The van der Waals surface area contributed by atoms with E-state index in [0.29, 0.717) is 0 Å². The molecule has 1 N–H and O–H groups in total. The molecule has 0 saturated carbocycles. The molecule has 0 aliphatic rings.